The summed E-state index contributed by atoms with van der Waals surface area (Å²) in [5.74, 6) is 3.39. The molecule has 0 bridgehead atoms. The van der Waals surface area contributed by atoms with Crippen LogP contribution in [0.1, 0.15) is 16.8 Å². The summed E-state index contributed by atoms with van der Waals surface area (Å²) in [6, 6.07) is 126. The van der Waals surface area contributed by atoms with Crippen LogP contribution in [0.3, 0.4) is 0 Å². The van der Waals surface area contributed by atoms with Crippen LogP contribution in [0.2, 0.25) is 0 Å². The van der Waals surface area contributed by atoms with Gasteiger partial charge < -0.3 is 9.13 Å². The van der Waals surface area contributed by atoms with E-state index in [1.54, 1.807) is 0 Å². The second-order valence-electron chi connectivity index (χ2n) is 26.3. The molecule has 0 aliphatic rings. The molecule has 18 rings (SSSR count). The number of hydrogen-bond acceptors (Lipinski definition) is 6. The molecule has 105 heavy (non-hydrogen) atoms. The maximum atomic E-state index is 5.39. The SMILES string of the molecule is C=C/C(=C\c1c(C)n(-c2cc(-c3cccc(-c4cc(-c5nc(-c6ccccc6)nc(-c6ccccc6)n5)cc(-n5c6ccc(-c7ccccc7)cc6c6cc(-c7ccccc7)ccc65)c4)c3)cc(-c3nc(-c4ccccc4)nc(-c4ccccc4)n3)c2)c2ccc(-c3ccccc3)cc12)c1ccccc1. The van der Waals surface area contributed by atoms with Crippen LogP contribution in [-0.2, 0) is 0 Å². The first-order chi connectivity index (χ1) is 51.9. The third-order valence-electron chi connectivity index (χ3n) is 19.8. The van der Waals surface area contributed by atoms with Crippen molar-refractivity contribution in [2.75, 3.05) is 0 Å². The van der Waals surface area contributed by atoms with E-state index in [4.69, 9.17) is 29.9 Å². The van der Waals surface area contributed by atoms with Gasteiger partial charge in [0, 0.05) is 72.2 Å². The van der Waals surface area contributed by atoms with Gasteiger partial charge in [0.05, 0.1) is 16.6 Å². The fourth-order valence-corrected chi connectivity index (χ4v) is 14.6. The van der Waals surface area contributed by atoms with Gasteiger partial charge in [0.15, 0.2) is 34.9 Å². The Kier molecular flexibility index (Phi) is 16.5. The standard InChI is InChI=1S/C97H66N8/c1-3-65(66-29-12-4-13-30-66)60-85-64(2)104(89-50-47-76(61-86(85)89)67-31-14-5-15-32-67)83-56-79(54-81(58-83)96-100-92(70-37-20-8-21-38-70)98-93(101-96)71-39-22-9-23-40-71)74-45-28-46-75(53-74)80-55-82(97-102-94(72-41-24-10-25-42-72)99-95(103-97)73-43-26-11-27-44-73)59-84(57-80)105-90-51-48-77(68-33-16-6-17-34-68)62-87(90)88-63-78(49-52-91(88)105)69-35-18-7-19-36-69/h3-63H,1H2,2H3/b65-60+. The lowest BCUT2D eigenvalue weighted by Gasteiger charge is -2.16. The molecule has 494 valence electrons. The average Bonchev–Trinajstić information content (AvgIpc) is 1.60. The lowest BCUT2D eigenvalue weighted by Crippen LogP contribution is -2.02. The highest BCUT2D eigenvalue weighted by Crippen LogP contribution is 2.43. The van der Waals surface area contributed by atoms with Crippen molar-refractivity contribution < 1.29 is 0 Å². The summed E-state index contributed by atoms with van der Waals surface area (Å²) in [6.07, 6.45) is 4.25. The van der Waals surface area contributed by atoms with Crippen LogP contribution >= 0.6 is 0 Å². The number of aromatic nitrogens is 8. The first-order valence-electron chi connectivity index (χ1n) is 35.3. The fourth-order valence-electron chi connectivity index (χ4n) is 14.6. The van der Waals surface area contributed by atoms with E-state index in [0.717, 1.165) is 155 Å². The van der Waals surface area contributed by atoms with Crippen molar-refractivity contribution in [3.8, 4) is 135 Å². The van der Waals surface area contributed by atoms with Crippen molar-refractivity contribution in [3.63, 3.8) is 0 Å². The average molecular weight is 1340 g/mol. The Hall–Kier alpha value is -14.1. The van der Waals surface area contributed by atoms with Gasteiger partial charge in [-0.05, 0) is 159 Å². The Morgan fingerprint density at radius 2 is 0.524 bits per heavy atom. The van der Waals surface area contributed by atoms with E-state index in [0.29, 0.717) is 34.9 Å². The third-order valence-corrected chi connectivity index (χ3v) is 19.8. The topological polar surface area (TPSA) is 87.2 Å². The van der Waals surface area contributed by atoms with Gasteiger partial charge in [-0.2, -0.15) is 0 Å². The van der Waals surface area contributed by atoms with Crippen molar-refractivity contribution in [3.05, 3.63) is 387 Å². The quantitative estimate of drug-likeness (QED) is 0.0896. The van der Waals surface area contributed by atoms with Crippen molar-refractivity contribution >= 4 is 44.4 Å². The summed E-state index contributed by atoms with van der Waals surface area (Å²) < 4.78 is 4.80. The van der Waals surface area contributed by atoms with Crippen molar-refractivity contribution in [2.45, 2.75) is 6.92 Å². The molecule has 0 spiro atoms. The van der Waals surface area contributed by atoms with Gasteiger partial charge in [-0.15, -0.1) is 0 Å². The molecular formula is C97H66N8. The molecule has 4 aromatic heterocycles. The molecule has 14 aromatic carbocycles. The molecule has 0 radical (unpaired) electrons. The van der Waals surface area contributed by atoms with E-state index in [2.05, 4.69) is 314 Å². The molecule has 0 amide bonds. The predicted octanol–water partition coefficient (Wildman–Crippen LogP) is 24.5. The van der Waals surface area contributed by atoms with E-state index in [1.807, 2.05) is 78.9 Å². The monoisotopic (exact) mass is 1340 g/mol. The Labute approximate surface area is 609 Å². The third kappa shape index (κ3) is 12.4. The highest BCUT2D eigenvalue weighted by atomic mass is 15.1. The molecule has 0 atom stereocenters. The molecule has 0 unspecified atom stereocenters. The minimum atomic E-state index is 0.540. The van der Waals surface area contributed by atoms with Crippen LogP contribution in [0.5, 0.6) is 0 Å². The molecule has 8 nitrogen and oxygen atoms in total. The van der Waals surface area contributed by atoms with Gasteiger partial charge in [-0.25, -0.2) is 29.9 Å². The van der Waals surface area contributed by atoms with E-state index in [1.165, 1.54) is 0 Å². The highest BCUT2D eigenvalue weighted by molar-refractivity contribution is 6.12. The lowest BCUT2D eigenvalue weighted by molar-refractivity contribution is 1.04. The van der Waals surface area contributed by atoms with Crippen LogP contribution in [0.25, 0.3) is 180 Å². The van der Waals surface area contributed by atoms with Gasteiger partial charge in [0.1, 0.15) is 0 Å². The molecule has 0 aliphatic carbocycles. The minimum Gasteiger partial charge on any atom is -0.313 e. The van der Waals surface area contributed by atoms with Gasteiger partial charge in [0.25, 0.3) is 0 Å². The summed E-state index contributed by atoms with van der Waals surface area (Å²) in [5.41, 5.74) is 25.2. The largest absolute Gasteiger partial charge is 0.313 e. The zero-order valence-corrected chi connectivity index (χ0v) is 57.5. The van der Waals surface area contributed by atoms with E-state index >= 15 is 0 Å². The van der Waals surface area contributed by atoms with Gasteiger partial charge in [-0.3, -0.25) is 0 Å². The van der Waals surface area contributed by atoms with Crippen LogP contribution < -0.4 is 0 Å². The Bertz CT molecular complexity index is 6100. The van der Waals surface area contributed by atoms with Crippen LogP contribution in [0, 0.1) is 6.92 Å². The van der Waals surface area contributed by atoms with E-state index in [-0.39, 0.29) is 0 Å². The lowest BCUT2D eigenvalue weighted by atomic mass is 9.95. The molecule has 0 fully saturated rings. The summed E-state index contributed by atoms with van der Waals surface area (Å²) in [7, 11) is 0. The number of rotatable bonds is 16. The molecule has 0 aliphatic heterocycles. The molecule has 0 N–H and O–H groups in total. The smallest absolute Gasteiger partial charge is 0.164 e. The number of nitrogens with zero attached hydrogens (tertiary/aromatic N) is 8. The molecule has 4 heterocycles. The van der Waals surface area contributed by atoms with Crippen molar-refractivity contribution in [2.24, 2.45) is 0 Å². The zero-order chi connectivity index (χ0) is 70.2. The number of hydrogen-bond donors (Lipinski definition) is 0. The molecular weight excluding hydrogens is 1280 g/mol. The van der Waals surface area contributed by atoms with E-state index in [9.17, 15) is 0 Å². The first-order valence-corrected chi connectivity index (χ1v) is 35.3. The predicted molar refractivity (Wildman–Crippen MR) is 433 cm³/mol. The molecule has 8 heteroatoms. The number of benzene rings is 14. The summed E-state index contributed by atoms with van der Waals surface area (Å²) in [4.78, 5) is 31.9. The normalized spacial score (nSPS) is 11.6. The zero-order valence-electron chi connectivity index (χ0n) is 57.5. The van der Waals surface area contributed by atoms with Crippen LogP contribution in [0.4, 0.5) is 0 Å². The van der Waals surface area contributed by atoms with Crippen molar-refractivity contribution in [1.29, 1.82) is 0 Å². The van der Waals surface area contributed by atoms with Gasteiger partial charge in [-0.1, -0.05) is 292 Å². The number of allylic oxidation sites excluding steroid dienone is 2. The summed E-state index contributed by atoms with van der Waals surface area (Å²) >= 11 is 0. The highest BCUT2D eigenvalue weighted by Gasteiger charge is 2.23. The Balaban J connectivity index is 0.878. The number of fused-ring (bicyclic) bond motifs is 4. The van der Waals surface area contributed by atoms with Crippen molar-refractivity contribution in [1.82, 2.24) is 39.0 Å². The Morgan fingerprint density at radius 1 is 0.248 bits per heavy atom. The maximum Gasteiger partial charge on any atom is 0.164 e. The molecule has 0 saturated heterocycles. The second-order valence-corrected chi connectivity index (χ2v) is 26.3. The minimum absolute atomic E-state index is 0.540. The Morgan fingerprint density at radius 3 is 0.886 bits per heavy atom. The molecule has 0 saturated carbocycles. The van der Waals surface area contributed by atoms with Crippen LogP contribution in [0.15, 0.2) is 371 Å². The van der Waals surface area contributed by atoms with Gasteiger partial charge >= 0.3 is 0 Å². The van der Waals surface area contributed by atoms with Gasteiger partial charge in [0.2, 0.25) is 0 Å². The summed E-state index contributed by atoms with van der Waals surface area (Å²) in [5, 5.41) is 3.38. The first kappa shape index (κ1) is 63.1. The second kappa shape index (κ2) is 27.5. The fraction of sp³-hybridized carbons (Fsp3) is 0.0103. The maximum absolute atomic E-state index is 5.39. The molecule has 18 aromatic rings. The van der Waals surface area contributed by atoms with Crippen LogP contribution in [-0.4, -0.2) is 39.0 Å². The summed E-state index contributed by atoms with van der Waals surface area (Å²) in [6.45, 7) is 6.59. The van der Waals surface area contributed by atoms with E-state index < -0.39 is 0 Å².